The maximum Gasteiger partial charge on any atom is 0.227 e. The second kappa shape index (κ2) is 5.95. The molecule has 0 saturated heterocycles. The van der Waals surface area contributed by atoms with Crippen LogP contribution in [0.3, 0.4) is 0 Å². The average Bonchev–Trinajstić information content (AvgIpc) is 2.94. The van der Waals surface area contributed by atoms with Crippen LogP contribution in [0.4, 0.5) is 4.39 Å². The largest absolute Gasteiger partial charge is 0.358 e. The summed E-state index contributed by atoms with van der Waals surface area (Å²) in [6.45, 7) is 1.27. The highest BCUT2D eigenvalue weighted by atomic mass is 35.5. The predicted octanol–water partition coefficient (Wildman–Crippen LogP) is 4.09. The number of carbonyl (C=O) groups excluding carboxylic acids is 1. The van der Waals surface area contributed by atoms with E-state index in [4.69, 9.17) is 11.6 Å². The number of halogens is 2. The first-order chi connectivity index (χ1) is 11.6. The number of hydrogen-bond acceptors (Lipinski definition) is 1. The van der Waals surface area contributed by atoms with Crippen molar-refractivity contribution in [1.82, 2.24) is 9.88 Å². The Balaban J connectivity index is 1.57. The van der Waals surface area contributed by atoms with Gasteiger partial charge in [0, 0.05) is 46.7 Å². The number of benzene rings is 2. The minimum absolute atomic E-state index is 0.0589. The van der Waals surface area contributed by atoms with Crippen LogP contribution in [0.1, 0.15) is 16.8 Å². The van der Waals surface area contributed by atoms with Crippen molar-refractivity contribution < 1.29 is 9.18 Å². The molecule has 0 atom stereocenters. The molecule has 0 spiro atoms. The molecule has 1 aromatic heterocycles. The Bertz CT molecular complexity index is 917. The molecular formula is C19H16ClFN2O. The lowest BCUT2D eigenvalue weighted by molar-refractivity contribution is -0.131. The van der Waals surface area contributed by atoms with Crippen molar-refractivity contribution in [3.8, 4) is 0 Å². The summed E-state index contributed by atoms with van der Waals surface area (Å²) >= 11 is 6.11. The fraction of sp³-hybridized carbons (Fsp3) is 0.211. The lowest BCUT2D eigenvalue weighted by atomic mass is 10.0. The van der Waals surface area contributed by atoms with E-state index >= 15 is 0 Å². The number of aromatic amines is 1. The summed E-state index contributed by atoms with van der Waals surface area (Å²) in [6.07, 6.45) is 1.09. The van der Waals surface area contributed by atoms with Gasteiger partial charge < -0.3 is 9.88 Å². The van der Waals surface area contributed by atoms with Gasteiger partial charge in [0.2, 0.25) is 5.91 Å². The molecule has 0 bridgehead atoms. The van der Waals surface area contributed by atoms with E-state index in [1.54, 1.807) is 12.1 Å². The first-order valence-electron chi connectivity index (χ1n) is 7.91. The van der Waals surface area contributed by atoms with Crippen molar-refractivity contribution in [1.29, 1.82) is 0 Å². The van der Waals surface area contributed by atoms with Crippen LogP contribution < -0.4 is 0 Å². The highest BCUT2D eigenvalue weighted by Crippen LogP contribution is 2.30. The second-order valence-corrected chi connectivity index (χ2v) is 6.58. The molecule has 24 heavy (non-hydrogen) atoms. The highest BCUT2D eigenvalue weighted by Gasteiger charge is 2.24. The zero-order valence-corrected chi connectivity index (χ0v) is 13.7. The maximum atomic E-state index is 13.0. The molecule has 1 N–H and O–H groups in total. The van der Waals surface area contributed by atoms with Crippen LogP contribution in [-0.2, 0) is 24.2 Å². The Hall–Kier alpha value is -2.33. The zero-order chi connectivity index (χ0) is 16.7. The van der Waals surface area contributed by atoms with Crippen LogP contribution in [0.15, 0.2) is 42.5 Å². The van der Waals surface area contributed by atoms with Gasteiger partial charge in [0.1, 0.15) is 5.82 Å². The standard InChI is InChI=1S/C19H16ClFN2O/c20-13-3-6-17-15(10-13)16-11-23(8-7-18(16)22-17)19(24)9-12-1-4-14(21)5-2-12/h1-6,10,22H,7-9,11H2. The molecule has 1 aliphatic rings. The average molecular weight is 343 g/mol. The molecule has 0 unspecified atom stereocenters. The van der Waals surface area contributed by atoms with Gasteiger partial charge in [-0.25, -0.2) is 4.39 Å². The van der Waals surface area contributed by atoms with Gasteiger partial charge in [-0.05, 0) is 35.9 Å². The number of fused-ring (bicyclic) bond motifs is 3. The van der Waals surface area contributed by atoms with E-state index in [1.807, 2.05) is 23.1 Å². The molecule has 0 fully saturated rings. The van der Waals surface area contributed by atoms with Crippen LogP contribution in [-0.4, -0.2) is 22.3 Å². The van der Waals surface area contributed by atoms with E-state index in [1.165, 1.54) is 17.8 Å². The summed E-state index contributed by atoms with van der Waals surface area (Å²) < 4.78 is 13.0. The van der Waals surface area contributed by atoms with E-state index in [-0.39, 0.29) is 11.7 Å². The summed E-state index contributed by atoms with van der Waals surface area (Å²) in [7, 11) is 0. The summed E-state index contributed by atoms with van der Waals surface area (Å²) in [5, 5.41) is 1.77. The van der Waals surface area contributed by atoms with Crippen molar-refractivity contribution in [2.45, 2.75) is 19.4 Å². The Morgan fingerprint density at radius 2 is 2.00 bits per heavy atom. The first kappa shape index (κ1) is 15.2. The fourth-order valence-electron chi connectivity index (χ4n) is 3.29. The summed E-state index contributed by atoms with van der Waals surface area (Å²) in [5.41, 5.74) is 4.20. The molecule has 2 heterocycles. The molecule has 2 aromatic carbocycles. The third kappa shape index (κ3) is 2.78. The number of H-pyrrole nitrogens is 1. The SMILES string of the molecule is O=C(Cc1ccc(F)cc1)N1CCc2[nH]c3ccc(Cl)cc3c2C1. The summed E-state index contributed by atoms with van der Waals surface area (Å²) in [6, 6.07) is 11.9. The van der Waals surface area contributed by atoms with Gasteiger partial charge in [-0.2, -0.15) is 0 Å². The van der Waals surface area contributed by atoms with Gasteiger partial charge in [0.15, 0.2) is 0 Å². The molecule has 1 amide bonds. The van der Waals surface area contributed by atoms with Crippen LogP contribution in [0.5, 0.6) is 0 Å². The lowest BCUT2D eigenvalue weighted by Gasteiger charge is -2.27. The van der Waals surface area contributed by atoms with E-state index in [2.05, 4.69) is 4.98 Å². The van der Waals surface area contributed by atoms with Crippen molar-refractivity contribution in [3.05, 3.63) is 70.1 Å². The highest BCUT2D eigenvalue weighted by molar-refractivity contribution is 6.31. The summed E-state index contributed by atoms with van der Waals surface area (Å²) in [4.78, 5) is 17.9. The first-order valence-corrected chi connectivity index (χ1v) is 8.29. The zero-order valence-electron chi connectivity index (χ0n) is 13.0. The van der Waals surface area contributed by atoms with Gasteiger partial charge in [-0.15, -0.1) is 0 Å². The molecule has 122 valence electrons. The molecule has 0 saturated carbocycles. The number of aromatic nitrogens is 1. The molecule has 4 rings (SSSR count). The fourth-order valence-corrected chi connectivity index (χ4v) is 3.46. The topological polar surface area (TPSA) is 36.1 Å². The number of nitrogens with one attached hydrogen (secondary N) is 1. The molecule has 1 aliphatic heterocycles. The Kier molecular flexibility index (Phi) is 3.77. The summed E-state index contributed by atoms with van der Waals surface area (Å²) in [5.74, 6) is -0.229. The minimum Gasteiger partial charge on any atom is -0.358 e. The quantitative estimate of drug-likeness (QED) is 0.748. The number of rotatable bonds is 2. The Morgan fingerprint density at radius 1 is 1.21 bits per heavy atom. The second-order valence-electron chi connectivity index (χ2n) is 6.14. The minimum atomic E-state index is -0.288. The third-order valence-corrected chi connectivity index (χ3v) is 4.79. The Morgan fingerprint density at radius 3 is 2.79 bits per heavy atom. The molecule has 3 aromatic rings. The van der Waals surface area contributed by atoms with E-state index in [9.17, 15) is 9.18 Å². The normalized spacial score (nSPS) is 14.0. The molecule has 0 radical (unpaired) electrons. The van der Waals surface area contributed by atoms with Crippen LogP contribution in [0, 0.1) is 5.82 Å². The van der Waals surface area contributed by atoms with Crippen molar-refractivity contribution in [2.75, 3.05) is 6.54 Å². The van der Waals surface area contributed by atoms with Gasteiger partial charge in [0.25, 0.3) is 0 Å². The van der Waals surface area contributed by atoms with Gasteiger partial charge in [-0.3, -0.25) is 4.79 Å². The number of nitrogens with zero attached hydrogens (tertiary/aromatic N) is 1. The van der Waals surface area contributed by atoms with Crippen molar-refractivity contribution >= 4 is 28.4 Å². The maximum absolute atomic E-state index is 13.0. The lowest BCUT2D eigenvalue weighted by Crippen LogP contribution is -2.36. The molecule has 3 nitrogen and oxygen atoms in total. The van der Waals surface area contributed by atoms with Gasteiger partial charge in [-0.1, -0.05) is 23.7 Å². The Labute approximate surface area is 144 Å². The molecule has 0 aliphatic carbocycles. The number of carbonyl (C=O) groups is 1. The predicted molar refractivity (Wildman–Crippen MR) is 92.5 cm³/mol. The smallest absolute Gasteiger partial charge is 0.227 e. The van der Waals surface area contributed by atoms with Gasteiger partial charge >= 0.3 is 0 Å². The van der Waals surface area contributed by atoms with Crippen LogP contribution in [0.25, 0.3) is 10.9 Å². The number of hydrogen-bond donors (Lipinski definition) is 1. The van der Waals surface area contributed by atoms with Crippen LogP contribution in [0.2, 0.25) is 5.02 Å². The van der Waals surface area contributed by atoms with E-state index in [0.29, 0.717) is 24.5 Å². The van der Waals surface area contributed by atoms with Crippen LogP contribution >= 0.6 is 11.6 Å². The van der Waals surface area contributed by atoms with E-state index < -0.39 is 0 Å². The monoisotopic (exact) mass is 342 g/mol. The van der Waals surface area contributed by atoms with Gasteiger partial charge in [0.05, 0.1) is 6.42 Å². The molecular weight excluding hydrogens is 327 g/mol. The third-order valence-electron chi connectivity index (χ3n) is 4.56. The van der Waals surface area contributed by atoms with E-state index in [0.717, 1.165) is 28.5 Å². The van der Waals surface area contributed by atoms with Crippen molar-refractivity contribution in [2.24, 2.45) is 0 Å². The number of amides is 1. The van der Waals surface area contributed by atoms with Crippen molar-refractivity contribution in [3.63, 3.8) is 0 Å². The molecule has 5 heteroatoms.